The number of hydrogen-bond acceptors (Lipinski definition) is 5. The lowest BCUT2D eigenvalue weighted by Crippen LogP contribution is -2.40. The number of aryl methyl sites for hydroxylation is 1. The zero-order valence-electron chi connectivity index (χ0n) is 8.73. The van der Waals surface area contributed by atoms with Gasteiger partial charge in [0.05, 0.1) is 0 Å². The smallest absolute Gasteiger partial charge is 0.205 e. The first-order valence-electron chi connectivity index (χ1n) is 4.86. The molecule has 1 saturated heterocycles. The van der Waals surface area contributed by atoms with Crippen LogP contribution in [-0.4, -0.2) is 32.9 Å². The van der Waals surface area contributed by atoms with Crippen LogP contribution in [0.3, 0.4) is 0 Å². The molecule has 1 fully saturated rings. The van der Waals surface area contributed by atoms with Crippen LogP contribution >= 0.6 is 23.3 Å². The molecule has 14 heavy (non-hydrogen) atoms. The second-order valence-corrected chi connectivity index (χ2v) is 6.40. The molecule has 0 radical (unpaired) electrons. The van der Waals surface area contributed by atoms with Crippen molar-refractivity contribution in [2.75, 3.05) is 18.0 Å². The van der Waals surface area contributed by atoms with Gasteiger partial charge in [-0.25, -0.2) is 4.98 Å². The van der Waals surface area contributed by atoms with Crippen molar-refractivity contribution in [3.05, 3.63) is 5.82 Å². The average molecular weight is 229 g/mol. The van der Waals surface area contributed by atoms with E-state index in [-0.39, 0.29) is 0 Å². The van der Waals surface area contributed by atoms with E-state index in [1.54, 1.807) is 0 Å². The Balaban J connectivity index is 2.10. The van der Waals surface area contributed by atoms with Crippen LogP contribution in [0.5, 0.6) is 0 Å². The molecule has 1 aliphatic heterocycles. The molecule has 0 bridgehead atoms. The Hall–Kier alpha value is -0.290. The van der Waals surface area contributed by atoms with E-state index in [0.29, 0.717) is 10.5 Å². The molecule has 2 rings (SSSR count). The Labute approximate surface area is 93.1 Å². The van der Waals surface area contributed by atoms with E-state index in [1.807, 2.05) is 6.92 Å². The SMILES string of the molecule is Cc1nsc(N2CC(C)SC(C)C2)n1. The lowest BCUT2D eigenvalue weighted by atomic mass is 10.3. The van der Waals surface area contributed by atoms with Crippen molar-refractivity contribution < 1.29 is 0 Å². The van der Waals surface area contributed by atoms with E-state index in [1.165, 1.54) is 11.5 Å². The average Bonchev–Trinajstić information content (AvgIpc) is 2.50. The van der Waals surface area contributed by atoms with Crippen molar-refractivity contribution >= 4 is 28.4 Å². The molecule has 3 nitrogen and oxygen atoms in total. The summed E-state index contributed by atoms with van der Waals surface area (Å²) in [7, 11) is 0. The van der Waals surface area contributed by atoms with Gasteiger partial charge in [0.1, 0.15) is 5.82 Å². The third-order valence-corrected chi connectivity index (χ3v) is 4.30. The molecule has 0 spiro atoms. The van der Waals surface area contributed by atoms with Crippen molar-refractivity contribution in [1.29, 1.82) is 0 Å². The summed E-state index contributed by atoms with van der Waals surface area (Å²) < 4.78 is 4.22. The van der Waals surface area contributed by atoms with Crippen LogP contribution in [0, 0.1) is 6.92 Å². The van der Waals surface area contributed by atoms with Gasteiger partial charge in [0.2, 0.25) is 5.13 Å². The summed E-state index contributed by atoms with van der Waals surface area (Å²) in [6.07, 6.45) is 0. The molecule has 2 unspecified atom stereocenters. The Bertz CT molecular complexity index is 303. The number of hydrogen-bond donors (Lipinski definition) is 0. The minimum atomic E-state index is 0.697. The van der Waals surface area contributed by atoms with Crippen LogP contribution in [-0.2, 0) is 0 Å². The Morgan fingerprint density at radius 2 is 1.93 bits per heavy atom. The van der Waals surface area contributed by atoms with Gasteiger partial charge < -0.3 is 4.90 Å². The first-order valence-corrected chi connectivity index (χ1v) is 6.57. The van der Waals surface area contributed by atoms with Crippen molar-refractivity contribution in [2.24, 2.45) is 0 Å². The van der Waals surface area contributed by atoms with Crippen LogP contribution in [0.15, 0.2) is 0 Å². The first kappa shape index (κ1) is 10.2. The van der Waals surface area contributed by atoms with Gasteiger partial charge in [-0.05, 0) is 6.92 Å². The lowest BCUT2D eigenvalue weighted by molar-refractivity contribution is 0.725. The summed E-state index contributed by atoms with van der Waals surface area (Å²) in [5, 5.41) is 2.48. The van der Waals surface area contributed by atoms with Crippen molar-refractivity contribution in [1.82, 2.24) is 9.36 Å². The van der Waals surface area contributed by atoms with E-state index in [9.17, 15) is 0 Å². The second-order valence-electron chi connectivity index (χ2n) is 3.79. The largest absolute Gasteiger partial charge is 0.345 e. The van der Waals surface area contributed by atoms with E-state index >= 15 is 0 Å². The molecule has 5 heteroatoms. The van der Waals surface area contributed by atoms with E-state index in [2.05, 4.69) is 39.9 Å². The molecule has 0 N–H and O–H groups in total. The van der Waals surface area contributed by atoms with E-state index in [4.69, 9.17) is 0 Å². The van der Waals surface area contributed by atoms with Gasteiger partial charge in [-0.2, -0.15) is 16.1 Å². The monoisotopic (exact) mass is 229 g/mol. The van der Waals surface area contributed by atoms with Crippen LogP contribution < -0.4 is 4.90 Å². The molecule has 78 valence electrons. The normalized spacial score (nSPS) is 28.1. The Morgan fingerprint density at radius 3 is 2.43 bits per heavy atom. The first-order chi connectivity index (χ1) is 6.65. The fourth-order valence-corrected chi connectivity index (χ4v) is 3.77. The van der Waals surface area contributed by atoms with Gasteiger partial charge in [0, 0.05) is 35.1 Å². The topological polar surface area (TPSA) is 29.0 Å². The highest BCUT2D eigenvalue weighted by atomic mass is 32.2. The fraction of sp³-hybridized carbons (Fsp3) is 0.778. The summed E-state index contributed by atoms with van der Waals surface area (Å²) in [6, 6.07) is 0. The zero-order valence-corrected chi connectivity index (χ0v) is 10.4. The number of anilines is 1. The number of thioether (sulfide) groups is 1. The maximum absolute atomic E-state index is 4.43. The Morgan fingerprint density at radius 1 is 1.29 bits per heavy atom. The van der Waals surface area contributed by atoms with Gasteiger partial charge in [0.15, 0.2) is 0 Å². The second kappa shape index (κ2) is 4.06. The van der Waals surface area contributed by atoms with Crippen LogP contribution in [0.25, 0.3) is 0 Å². The molecule has 1 aromatic heterocycles. The van der Waals surface area contributed by atoms with Gasteiger partial charge in [-0.1, -0.05) is 13.8 Å². The maximum Gasteiger partial charge on any atom is 0.205 e. The standard InChI is InChI=1S/C9H15N3S2/c1-6-4-12(5-7(2)13-6)9-10-8(3)11-14-9/h6-7H,4-5H2,1-3H3. The quantitative estimate of drug-likeness (QED) is 0.738. The summed E-state index contributed by atoms with van der Waals surface area (Å²) in [4.78, 5) is 6.78. The van der Waals surface area contributed by atoms with Crippen molar-refractivity contribution in [2.45, 2.75) is 31.3 Å². The number of nitrogens with zero attached hydrogens (tertiary/aromatic N) is 3. The summed E-state index contributed by atoms with van der Waals surface area (Å²) in [5.41, 5.74) is 0. The molecule has 0 aliphatic carbocycles. The molecule has 2 heterocycles. The minimum Gasteiger partial charge on any atom is -0.345 e. The van der Waals surface area contributed by atoms with Gasteiger partial charge in [-0.15, -0.1) is 0 Å². The minimum absolute atomic E-state index is 0.697. The molecule has 2 atom stereocenters. The third kappa shape index (κ3) is 2.20. The molecular formula is C9H15N3S2. The van der Waals surface area contributed by atoms with Gasteiger partial charge in [0.25, 0.3) is 0 Å². The molecular weight excluding hydrogens is 214 g/mol. The molecule has 1 aromatic rings. The number of rotatable bonds is 1. The fourth-order valence-electron chi connectivity index (χ4n) is 1.75. The predicted molar refractivity (Wildman–Crippen MR) is 63.4 cm³/mol. The number of aromatic nitrogens is 2. The van der Waals surface area contributed by atoms with Gasteiger partial charge >= 0.3 is 0 Å². The molecule has 0 amide bonds. The highest BCUT2D eigenvalue weighted by molar-refractivity contribution is 8.00. The summed E-state index contributed by atoms with van der Waals surface area (Å²) in [5.74, 6) is 0.892. The predicted octanol–water partition coefficient (Wildman–Crippen LogP) is 2.18. The zero-order chi connectivity index (χ0) is 10.1. The maximum atomic E-state index is 4.43. The van der Waals surface area contributed by atoms with Crippen LogP contribution in [0.1, 0.15) is 19.7 Å². The highest BCUT2D eigenvalue weighted by Gasteiger charge is 2.24. The molecule has 1 aliphatic rings. The molecule has 0 saturated carbocycles. The van der Waals surface area contributed by atoms with E-state index < -0.39 is 0 Å². The summed E-state index contributed by atoms with van der Waals surface area (Å²) in [6.45, 7) is 8.71. The third-order valence-electron chi connectivity index (χ3n) is 2.21. The molecule has 0 aromatic carbocycles. The Kier molecular flexibility index (Phi) is 2.97. The lowest BCUT2D eigenvalue weighted by Gasteiger charge is -2.34. The van der Waals surface area contributed by atoms with Crippen molar-refractivity contribution in [3.63, 3.8) is 0 Å². The van der Waals surface area contributed by atoms with Crippen molar-refractivity contribution in [3.8, 4) is 0 Å². The van der Waals surface area contributed by atoms with Gasteiger partial charge in [-0.3, -0.25) is 0 Å². The van der Waals surface area contributed by atoms with Crippen LogP contribution in [0.4, 0.5) is 5.13 Å². The summed E-state index contributed by atoms with van der Waals surface area (Å²) >= 11 is 3.58. The highest BCUT2D eigenvalue weighted by Crippen LogP contribution is 2.29. The van der Waals surface area contributed by atoms with E-state index in [0.717, 1.165) is 24.0 Å². The van der Waals surface area contributed by atoms with Crippen LogP contribution in [0.2, 0.25) is 0 Å².